The van der Waals surface area contributed by atoms with E-state index in [4.69, 9.17) is 16.6 Å². The molecular weight excluding hydrogens is 268 g/mol. The Kier molecular flexibility index (Phi) is 10.0. The molecule has 0 aromatic carbocycles. The fourth-order valence-electron chi connectivity index (χ4n) is 2.10. The second-order valence-electron chi connectivity index (χ2n) is 5.16. The predicted molar refractivity (Wildman–Crippen MR) is 88.8 cm³/mol. The molecule has 1 aromatic heterocycles. The molecule has 3 nitrogen and oxygen atoms in total. The van der Waals surface area contributed by atoms with Crippen LogP contribution in [-0.4, -0.2) is 11.7 Å². The highest BCUT2D eigenvalue weighted by Gasteiger charge is 1.98. The van der Waals surface area contributed by atoms with Crippen molar-refractivity contribution < 1.29 is 4.42 Å². The fourth-order valence-corrected chi connectivity index (χ4v) is 2.28. The molecule has 0 saturated heterocycles. The molecule has 0 aliphatic carbocycles. The predicted octanol–water partition coefficient (Wildman–Crippen LogP) is 4.38. The summed E-state index contributed by atoms with van der Waals surface area (Å²) in [5, 5.41) is 7.08. The summed E-state index contributed by atoms with van der Waals surface area (Å²) in [5.74, 6) is 0.904. The molecule has 1 aromatic rings. The highest BCUT2D eigenvalue weighted by molar-refractivity contribution is 7.80. The van der Waals surface area contributed by atoms with Crippen molar-refractivity contribution in [3.8, 4) is 0 Å². The maximum Gasteiger partial charge on any atom is 0.166 e. The molecular formula is C16H28N2OS. The summed E-state index contributed by atoms with van der Waals surface area (Å²) in [5.41, 5.74) is 0. The van der Waals surface area contributed by atoms with Gasteiger partial charge in [-0.1, -0.05) is 51.9 Å². The molecule has 0 unspecified atom stereocenters. The van der Waals surface area contributed by atoms with Crippen LogP contribution in [0.2, 0.25) is 0 Å². The number of furan rings is 1. The van der Waals surface area contributed by atoms with Crippen molar-refractivity contribution in [2.45, 2.75) is 64.8 Å². The molecule has 20 heavy (non-hydrogen) atoms. The summed E-state index contributed by atoms with van der Waals surface area (Å²) in [6.07, 6.45) is 12.4. The Labute approximate surface area is 128 Å². The van der Waals surface area contributed by atoms with E-state index in [1.54, 1.807) is 6.26 Å². The molecule has 0 atom stereocenters. The first-order chi connectivity index (χ1) is 9.83. The molecule has 0 bridgehead atoms. The van der Waals surface area contributed by atoms with E-state index in [0.717, 1.165) is 12.3 Å². The van der Waals surface area contributed by atoms with Crippen molar-refractivity contribution >= 4 is 17.3 Å². The lowest BCUT2D eigenvalue weighted by Gasteiger charge is -2.09. The van der Waals surface area contributed by atoms with Crippen LogP contribution in [0.5, 0.6) is 0 Å². The Bertz CT molecular complexity index is 338. The molecule has 0 aliphatic heterocycles. The van der Waals surface area contributed by atoms with Crippen LogP contribution in [0.1, 0.15) is 64.1 Å². The summed E-state index contributed by atoms with van der Waals surface area (Å²) in [4.78, 5) is 0. The average molecular weight is 296 g/mol. The van der Waals surface area contributed by atoms with Crippen LogP contribution < -0.4 is 10.6 Å². The first kappa shape index (κ1) is 17.0. The van der Waals surface area contributed by atoms with Crippen molar-refractivity contribution in [2.75, 3.05) is 6.54 Å². The second-order valence-corrected chi connectivity index (χ2v) is 5.57. The third-order valence-corrected chi connectivity index (χ3v) is 3.61. The summed E-state index contributed by atoms with van der Waals surface area (Å²) in [7, 11) is 0. The van der Waals surface area contributed by atoms with E-state index in [1.165, 1.54) is 51.4 Å². The fraction of sp³-hybridized carbons (Fsp3) is 0.688. The van der Waals surface area contributed by atoms with Gasteiger partial charge in [0.25, 0.3) is 0 Å². The molecule has 0 amide bonds. The molecule has 1 rings (SSSR count). The Morgan fingerprint density at radius 3 is 2.40 bits per heavy atom. The first-order valence-corrected chi connectivity index (χ1v) is 8.28. The summed E-state index contributed by atoms with van der Waals surface area (Å²) in [6.45, 7) is 3.86. The zero-order chi connectivity index (χ0) is 14.5. The molecule has 0 saturated carbocycles. The van der Waals surface area contributed by atoms with E-state index in [1.807, 2.05) is 12.1 Å². The van der Waals surface area contributed by atoms with Crippen molar-refractivity contribution in [2.24, 2.45) is 0 Å². The van der Waals surface area contributed by atoms with E-state index < -0.39 is 0 Å². The largest absolute Gasteiger partial charge is 0.467 e. The van der Waals surface area contributed by atoms with E-state index in [9.17, 15) is 0 Å². The van der Waals surface area contributed by atoms with Gasteiger partial charge < -0.3 is 15.1 Å². The lowest BCUT2D eigenvalue weighted by Crippen LogP contribution is -2.35. The summed E-state index contributed by atoms with van der Waals surface area (Å²) >= 11 is 5.21. The number of nitrogens with one attached hydrogen (secondary N) is 2. The van der Waals surface area contributed by atoms with Gasteiger partial charge in [0.2, 0.25) is 0 Å². The Balaban J connectivity index is 1.84. The van der Waals surface area contributed by atoms with Crippen LogP contribution in [0, 0.1) is 0 Å². The molecule has 1 heterocycles. The molecule has 2 N–H and O–H groups in total. The molecule has 0 aliphatic rings. The molecule has 0 fully saturated rings. The smallest absolute Gasteiger partial charge is 0.166 e. The Morgan fingerprint density at radius 1 is 1.05 bits per heavy atom. The molecule has 0 spiro atoms. The van der Waals surface area contributed by atoms with Crippen LogP contribution >= 0.6 is 12.2 Å². The van der Waals surface area contributed by atoms with Gasteiger partial charge in [-0.05, 0) is 30.8 Å². The van der Waals surface area contributed by atoms with Gasteiger partial charge in [-0.3, -0.25) is 0 Å². The number of rotatable bonds is 11. The minimum absolute atomic E-state index is 0.649. The van der Waals surface area contributed by atoms with Gasteiger partial charge in [0.1, 0.15) is 5.76 Å². The van der Waals surface area contributed by atoms with Crippen LogP contribution in [0.4, 0.5) is 0 Å². The maximum atomic E-state index is 5.23. The van der Waals surface area contributed by atoms with Gasteiger partial charge >= 0.3 is 0 Å². The zero-order valence-electron chi connectivity index (χ0n) is 12.6. The topological polar surface area (TPSA) is 37.2 Å². The van der Waals surface area contributed by atoms with Gasteiger partial charge in [-0.15, -0.1) is 0 Å². The third kappa shape index (κ3) is 8.97. The van der Waals surface area contributed by atoms with E-state index in [0.29, 0.717) is 11.7 Å². The molecule has 114 valence electrons. The highest BCUT2D eigenvalue weighted by atomic mass is 32.1. The first-order valence-electron chi connectivity index (χ1n) is 7.87. The Morgan fingerprint density at radius 2 is 1.75 bits per heavy atom. The lowest BCUT2D eigenvalue weighted by molar-refractivity contribution is 0.502. The normalized spacial score (nSPS) is 10.4. The molecule has 4 heteroatoms. The number of unbranched alkanes of at least 4 members (excludes halogenated alkanes) is 7. The number of hydrogen-bond donors (Lipinski definition) is 2. The van der Waals surface area contributed by atoms with Crippen LogP contribution in [0.15, 0.2) is 22.8 Å². The highest BCUT2D eigenvalue weighted by Crippen LogP contribution is 2.07. The van der Waals surface area contributed by atoms with Gasteiger partial charge in [-0.25, -0.2) is 0 Å². The monoisotopic (exact) mass is 296 g/mol. The maximum absolute atomic E-state index is 5.23. The van der Waals surface area contributed by atoms with Crippen LogP contribution in [0.25, 0.3) is 0 Å². The van der Waals surface area contributed by atoms with Crippen molar-refractivity contribution in [1.82, 2.24) is 10.6 Å². The quantitative estimate of drug-likeness (QED) is 0.469. The third-order valence-electron chi connectivity index (χ3n) is 3.32. The standard InChI is InChI=1S/C16H28N2OS/c1-2-3-4-5-6-7-8-9-12-17-16(20)18-14-15-11-10-13-19-15/h10-11,13H,2-9,12,14H2,1H3,(H2,17,18,20). The Hall–Kier alpha value is -1.03. The van der Waals surface area contributed by atoms with Crippen LogP contribution in [-0.2, 0) is 6.54 Å². The minimum atomic E-state index is 0.649. The SMILES string of the molecule is CCCCCCCCCCNC(=S)NCc1ccco1. The van der Waals surface area contributed by atoms with Crippen molar-refractivity contribution in [1.29, 1.82) is 0 Å². The minimum Gasteiger partial charge on any atom is -0.467 e. The van der Waals surface area contributed by atoms with E-state index in [-0.39, 0.29) is 0 Å². The van der Waals surface area contributed by atoms with E-state index >= 15 is 0 Å². The van der Waals surface area contributed by atoms with Gasteiger partial charge in [0.05, 0.1) is 12.8 Å². The van der Waals surface area contributed by atoms with Gasteiger partial charge in [0, 0.05) is 6.54 Å². The molecule has 0 radical (unpaired) electrons. The number of hydrogen-bond acceptors (Lipinski definition) is 2. The zero-order valence-corrected chi connectivity index (χ0v) is 13.4. The summed E-state index contributed by atoms with van der Waals surface area (Å²) < 4.78 is 5.23. The van der Waals surface area contributed by atoms with E-state index in [2.05, 4.69) is 17.6 Å². The second kappa shape index (κ2) is 11.8. The summed E-state index contributed by atoms with van der Waals surface area (Å²) in [6, 6.07) is 3.82. The van der Waals surface area contributed by atoms with Crippen LogP contribution in [0.3, 0.4) is 0 Å². The average Bonchev–Trinajstić information content (AvgIpc) is 2.96. The lowest BCUT2D eigenvalue weighted by atomic mass is 10.1. The van der Waals surface area contributed by atoms with Gasteiger partial charge in [0.15, 0.2) is 5.11 Å². The van der Waals surface area contributed by atoms with Crippen molar-refractivity contribution in [3.63, 3.8) is 0 Å². The van der Waals surface area contributed by atoms with Gasteiger partial charge in [-0.2, -0.15) is 0 Å². The number of thiocarbonyl (C=S) groups is 1. The van der Waals surface area contributed by atoms with Crippen molar-refractivity contribution in [3.05, 3.63) is 24.2 Å².